The Morgan fingerprint density at radius 3 is 2.73 bits per heavy atom. The van der Waals surface area contributed by atoms with E-state index in [1.807, 2.05) is 41.2 Å². The fourth-order valence-electron chi connectivity index (χ4n) is 4.87. The smallest absolute Gasteiger partial charge is 0.226 e. The van der Waals surface area contributed by atoms with Crippen LogP contribution < -0.4 is 16.4 Å². The zero-order chi connectivity index (χ0) is 20.6. The molecule has 1 aromatic carbocycles. The van der Waals surface area contributed by atoms with E-state index in [4.69, 9.17) is 15.7 Å². The van der Waals surface area contributed by atoms with E-state index in [2.05, 4.69) is 22.7 Å². The Morgan fingerprint density at radius 2 is 2.03 bits per heavy atom. The first-order valence-electron chi connectivity index (χ1n) is 11.2. The van der Waals surface area contributed by atoms with Gasteiger partial charge in [0.25, 0.3) is 0 Å². The number of hydrogen-bond donors (Lipinski definition) is 3. The second-order valence-corrected chi connectivity index (χ2v) is 8.82. The molecular formula is C23H31N7. The lowest BCUT2D eigenvalue weighted by Gasteiger charge is -2.26. The van der Waals surface area contributed by atoms with Crippen LogP contribution in [-0.2, 0) is 6.54 Å². The van der Waals surface area contributed by atoms with Gasteiger partial charge in [-0.15, -0.1) is 0 Å². The predicted octanol–water partition coefficient (Wildman–Crippen LogP) is 3.95. The average Bonchev–Trinajstić information content (AvgIpc) is 3.36. The molecule has 1 spiro atoms. The third kappa shape index (κ3) is 3.62. The van der Waals surface area contributed by atoms with Crippen LogP contribution in [0.3, 0.4) is 0 Å². The zero-order valence-corrected chi connectivity index (χ0v) is 17.6. The van der Waals surface area contributed by atoms with E-state index >= 15 is 0 Å². The lowest BCUT2D eigenvalue weighted by atomic mass is 9.79. The van der Waals surface area contributed by atoms with E-state index < -0.39 is 0 Å². The second-order valence-electron chi connectivity index (χ2n) is 8.82. The summed E-state index contributed by atoms with van der Waals surface area (Å²) in [5, 5.41) is 12.4. The summed E-state index contributed by atoms with van der Waals surface area (Å²) in [5.74, 6) is 2.35. The van der Waals surface area contributed by atoms with E-state index in [0.29, 0.717) is 12.5 Å². The Balaban J connectivity index is 1.29. The first-order valence-corrected chi connectivity index (χ1v) is 11.2. The molecule has 2 unspecified atom stereocenters. The molecule has 2 aliphatic carbocycles. The molecule has 2 heterocycles. The standard InChI is InChI=1S/C23H31N7/c1-2-30-21-18(14-27-30)20(25-12-9-17-13-23(17)10-6-11-23)28-22(29-21)26-15-19(24)16-7-4-3-5-8-16/h3-5,7-8,14,17,19H,2,6,9-13,15,24H2,1H3,(H2,25,26,28,29). The maximum atomic E-state index is 6.34. The molecule has 2 fully saturated rings. The van der Waals surface area contributed by atoms with Gasteiger partial charge in [-0.05, 0) is 49.5 Å². The summed E-state index contributed by atoms with van der Waals surface area (Å²) in [6.07, 6.45) is 8.81. The molecule has 158 valence electrons. The molecule has 3 aromatic rings. The first kappa shape index (κ1) is 19.3. The van der Waals surface area contributed by atoms with E-state index in [9.17, 15) is 0 Å². The van der Waals surface area contributed by atoms with Crippen LogP contribution in [0.1, 0.15) is 50.6 Å². The highest BCUT2D eigenvalue weighted by atomic mass is 15.3. The van der Waals surface area contributed by atoms with Gasteiger partial charge in [-0.1, -0.05) is 36.8 Å². The minimum absolute atomic E-state index is 0.119. The fraction of sp³-hybridized carbons (Fsp3) is 0.522. The van der Waals surface area contributed by atoms with Crippen LogP contribution in [0.4, 0.5) is 11.8 Å². The SMILES string of the molecule is CCn1ncc2c(NCCC3CC34CCC4)nc(NCC(N)c3ccccc3)nc21. The molecule has 0 amide bonds. The van der Waals surface area contributed by atoms with Crippen LogP contribution in [-0.4, -0.2) is 32.8 Å². The number of aromatic nitrogens is 4. The molecule has 0 saturated heterocycles. The second kappa shape index (κ2) is 7.87. The summed E-state index contributed by atoms with van der Waals surface area (Å²) in [6, 6.07) is 9.98. The third-order valence-corrected chi connectivity index (χ3v) is 7.00. The Morgan fingerprint density at radius 1 is 1.20 bits per heavy atom. The number of nitrogens with two attached hydrogens (primary N) is 1. The Hall–Kier alpha value is -2.67. The van der Waals surface area contributed by atoms with Gasteiger partial charge >= 0.3 is 0 Å². The molecule has 2 aliphatic rings. The summed E-state index contributed by atoms with van der Waals surface area (Å²) < 4.78 is 1.91. The van der Waals surface area contributed by atoms with Crippen LogP contribution in [0, 0.1) is 11.3 Å². The Kier molecular flexibility index (Phi) is 5.06. The molecule has 2 aromatic heterocycles. The highest BCUT2D eigenvalue weighted by Gasteiger charge is 2.56. The van der Waals surface area contributed by atoms with Crippen molar-refractivity contribution in [1.82, 2.24) is 19.7 Å². The number of nitrogens with zero attached hydrogens (tertiary/aromatic N) is 4. The molecule has 2 saturated carbocycles. The van der Waals surface area contributed by atoms with Crippen molar-refractivity contribution >= 4 is 22.8 Å². The summed E-state index contributed by atoms with van der Waals surface area (Å²) in [5.41, 5.74) is 9.01. The average molecular weight is 406 g/mol. The monoisotopic (exact) mass is 405 g/mol. The predicted molar refractivity (Wildman–Crippen MR) is 120 cm³/mol. The van der Waals surface area contributed by atoms with Crippen molar-refractivity contribution < 1.29 is 0 Å². The molecule has 2 atom stereocenters. The number of aryl methyl sites for hydroxylation is 1. The molecule has 0 radical (unpaired) electrons. The summed E-state index contributed by atoms with van der Waals surface area (Å²) >= 11 is 0. The molecule has 5 rings (SSSR count). The summed E-state index contributed by atoms with van der Waals surface area (Å²) in [4.78, 5) is 9.48. The Labute approximate surface area is 177 Å². The minimum Gasteiger partial charge on any atom is -0.369 e. The van der Waals surface area contributed by atoms with Crippen LogP contribution in [0.25, 0.3) is 11.0 Å². The molecule has 7 nitrogen and oxygen atoms in total. The van der Waals surface area contributed by atoms with Crippen LogP contribution in [0.2, 0.25) is 0 Å². The lowest BCUT2D eigenvalue weighted by molar-refractivity contribution is 0.255. The van der Waals surface area contributed by atoms with Crippen LogP contribution in [0.5, 0.6) is 0 Å². The molecule has 7 heteroatoms. The van der Waals surface area contributed by atoms with Gasteiger partial charge in [0.05, 0.1) is 11.6 Å². The van der Waals surface area contributed by atoms with E-state index in [-0.39, 0.29) is 6.04 Å². The normalized spacial score (nSPS) is 20.1. The van der Waals surface area contributed by atoms with Gasteiger partial charge in [-0.2, -0.15) is 15.1 Å². The highest BCUT2D eigenvalue weighted by Crippen LogP contribution is 2.66. The molecule has 30 heavy (non-hydrogen) atoms. The maximum Gasteiger partial charge on any atom is 0.226 e. The molecule has 0 aliphatic heterocycles. The van der Waals surface area contributed by atoms with E-state index in [1.54, 1.807) is 0 Å². The van der Waals surface area contributed by atoms with Gasteiger partial charge in [0, 0.05) is 25.7 Å². The number of hydrogen-bond acceptors (Lipinski definition) is 6. The third-order valence-electron chi connectivity index (χ3n) is 7.00. The van der Waals surface area contributed by atoms with Gasteiger partial charge in [-0.3, -0.25) is 0 Å². The van der Waals surface area contributed by atoms with Crippen molar-refractivity contribution in [2.24, 2.45) is 17.1 Å². The van der Waals surface area contributed by atoms with Crippen molar-refractivity contribution in [3.05, 3.63) is 42.1 Å². The first-order chi connectivity index (χ1) is 14.7. The van der Waals surface area contributed by atoms with Crippen LogP contribution >= 0.6 is 0 Å². The van der Waals surface area contributed by atoms with Crippen LogP contribution in [0.15, 0.2) is 36.5 Å². The van der Waals surface area contributed by atoms with Crippen molar-refractivity contribution in [3.63, 3.8) is 0 Å². The molecule has 4 N–H and O–H groups in total. The number of fused-ring (bicyclic) bond motifs is 1. The minimum atomic E-state index is -0.119. The van der Waals surface area contributed by atoms with Gasteiger partial charge in [0.1, 0.15) is 5.82 Å². The van der Waals surface area contributed by atoms with Gasteiger partial charge in [0.2, 0.25) is 5.95 Å². The van der Waals surface area contributed by atoms with Gasteiger partial charge < -0.3 is 16.4 Å². The number of anilines is 2. The number of rotatable bonds is 9. The van der Waals surface area contributed by atoms with Gasteiger partial charge in [-0.25, -0.2) is 4.68 Å². The maximum absolute atomic E-state index is 6.34. The highest BCUT2D eigenvalue weighted by molar-refractivity contribution is 5.87. The van der Waals surface area contributed by atoms with Crippen molar-refractivity contribution in [1.29, 1.82) is 0 Å². The van der Waals surface area contributed by atoms with E-state index in [0.717, 1.165) is 46.8 Å². The molecule has 0 bridgehead atoms. The Bertz CT molecular complexity index is 1010. The topological polar surface area (TPSA) is 93.7 Å². The van der Waals surface area contributed by atoms with E-state index in [1.165, 1.54) is 32.1 Å². The summed E-state index contributed by atoms with van der Waals surface area (Å²) in [7, 11) is 0. The quantitative estimate of drug-likeness (QED) is 0.499. The fourth-order valence-corrected chi connectivity index (χ4v) is 4.87. The van der Waals surface area contributed by atoms with Crippen molar-refractivity contribution in [2.45, 2.75) is 51.6 Å². The lowest BCUT2D eigenvalue weighted by Crippen LogP contribution is -2.22. The van der Waals surface area contributed by atoms with Crippen molar-refractivity contribution in [2.75, 3.05) is 23.7 Å². The van der Waals surface area contributed by atoms with Gasteiger partial charge in [0.15, 0.2) is 5.65 Å². The largest absolute Gasteiger partial charge is 0.369 e. The number of benzene rings is 1. The summed E-state index contributed by atoms with van der Waals surface area (Å²) in [6.45, 7) is 4.36. The number of nitrogens with one attached hydrogen (secondary N) is 2. The van der Waals surface area contributed by atoms with Crippen molar-refractivity contribution in [3.8, 4) is 0 Å². The zero-order valence-electron chi connectivity index (χ0n) is 17.6. The molecular weight excluding hydrogens is 374 g/mol.